The minimum Gasteiger partial charge on any atom is -0.378 e. The lowest BCUT2D eigenvalue weighted by Crippen LogP contribution is -2.28. The number of carbonyl (C=O) groups is 1. The van der Waals surface area contributed by atoms with E-state index in [-0.39, 0.29) is 17.6 Å². The van der Waals surface area contributed by atoms with Crippen molar-refractivity contribution in [2.75, 3.05) is 13.7 Å². The Labute approximate surface area is 132 Å². The molecule has 2 aromatic heterocycles. The van der Waals surface area contributed by atoms with Crippen LogP contribution in [0, 0.1) is 0 Å². The molecule has 1 unspecified atom stereocenters. The van der Waals surface area contributed by atoms with Gasteiger partial charge in [-0.2, -0.15) is 0 Å². The van der Waals surface area contributed by atoms with Crippen LogP contribution in [-0.2, 0) is 16.1 Å². The Morgan fingerprint density at radius 1 is 1.59 bits per heavy atom. The summed E-state index contributed by atoms with van der Waals surface area (Å²) in [5, 5.41) is 1.84. The van der Waals surface area contributed by atoms with Crippen molar-refractivity contribution in [3.8, 4) is 0 Å². The Morgan fingerprint density at radius 2 is 2.45 bits per heavy atom. The minimum atomic E-state index is -0.143. The summed E-state index contributed by atoms with van der Waals surface area (Å²) >= 11 is 1.37. The van der Waals surface area contributed by atoms with Crippen molar-refractivity contribution in [2.45, 2.75) is 38.3 Å². The van der Waals surface area contributed by atoms with Crippen molar-refractivity contribution in [1.29, 1.82) is 0 Å². The maximum atomic E-state index is 12.2. The molecule has 1 aliphatic heterocycles. The van der Waals surface area contributed by atoms with Crippen molar-refractivity contribution in [3.63, 3.8) is 0 Å². The zero-order valence-electron chi connectivity index (χ0n) is 12.5. The number of amides is 1. The second kappa shape index (κ2) is 6.58. The highest BCUT2D eigenvalue weighted by molar-refractivity contribution is 7.17. The number of thiophene rings is 1. The fourth-order valence-electron chi connectivity index (χ4n) is 2.66. The highest BCUT2D eigenvalue weighted by Gasteiger charge is 2.18. The molecule has 0 radical (unpaired) electrons. The fraction of sp³-hybridized carbons (Fsp3) is 0.533. The number of H-pyrrole nitrogens is 1. The Hall–Kier alpha value is -1.73. The number of aromatic amines is 1. The van der Waals surface area contributed by atoms with Crippen LogP contribution in [0.2, 0.25) is 0 Å². The Balaban J connectivity index is 1.60. The van der Waals surface area contributed by atoms with Gasteiger partial charge in [0.15, 0.2) is 0 Å². The maximum absolute atomic E-state index is 12.2. The smallest absolute Gasteiger partial charge is 0.268 e. The van der Waals surface area contributed by atoms with Crippen LogP contribution in [0.3, 0.4) is 0 Å². The lowest BCUT2D eigenvalue weighted by Gasteiger charge is -2.17. The predicted octanol–water partition coefficient (Wildman–Crippen LogP) is 1.90. The first kappa shape index (κ1) is 15.2. The lowest BCUT2D eigenvalue weighted by molar-refractivity contribution is -0.131. The number of ether oxygens (including phenoxy) is 1. The van der Waals surface area contributed by atoms with Gasteiger partial charge in [0.25, 0.3) is 5.56 Å². The molecule has 1 N–H and O–H groups in total. The average Bonchev–Trinajstić information content (AvgIpc) is 3.15. The number of nitrogens with one attached hydrogen (secondary N) is 1. The molecule has 6 nitrogen and oxygen atoms in total. The van der Waals surface area contributed by atoms with Crippen LogP contribution in [0.25, 0.3) is 10.2 Å². The van der Waals surface area contributed by atoms with E-state index < -0.39 is 0 Å². The van der Waals surface area contributed by atoms with E-state index in [9.17, 15) is 9.59 Å². The monoisotopic (exact) mass is 321 g/mol. The number of nitrogens with zero attached hydrogens (tertiary/aromatic N) is 2. The summed E-state index contributed by atoms with van der Waals surface area (Å²) in [6, 6.07) is 1.82. The van der Waals surface area contributed by atoms with Crippen LogP contribution in [0.4, 0.5) is 0 Å². The van der Waals surface area contributed by atoms with Gasteiger partial charge in [-0.05, 0) is 30.7 Å². The van der Waals surface area contributed by atoms with Gasteiger partial charge in [-0.25, -0.2) is 4.98 Å². The molecule has 22 heavy (non-hydrogen) atoms. The third kappa shape index (κ3) is 3.36. The first-order valence-corrected chi connectivity index (χ1v) is 8.33. The van der Waals surface area contributed by atoms with Crippen LogP contribution in [0.5, 0.6) is 0 Å². The molecule has 1 amide bonds. The molecule has 0 aromatic carbocycles. The Bertz CT molecular complexity index is 718. The van der Waals surface area contributed by atoms with E-state index in [1.807, 2.05) is 11.4 Å². The first-order chi connectivity index (χ1) is 10.6. The van der Waals surface area contributed by atoms with Gasteiger partial charge < -0.3 is 14.6 Å². The minimum absolute atomic E-state index is 0.0450. The van der Waals surface area contributed by atoms with Crippen LogP contribution in [-0.4, -0.2) is 40.5 Å². The molecule has 1 atom stereocenters. The molecule has 2 aromatic rings. The van der Waals surface area contributed by atoms with Gasteiger partial charge in [-0.1, -0.05) is 0 Å². The van der Waals surface area contributed by atoms with Crippen molar-refractivity contribution in [1.82, 2.24) is 14.9 Å². The number of aromatic nitrogens is 2. The van der Waals surface area contributed by atoms with Gasteiger partial charge in [0.1, 0.15) is 10.5 Å². The summed E-state index contributed by atoms with van der Waals surface area (Å²) in [4.78, 5) is 32.8. The van der Waals surface area contributed by atoms with Gasteiger partial charge in [-0.15, -0.1) is 11.3 Å². The normalized spacial score (nSPS) is 18.0. The molecule has 0 aliphatic carbocycles. The summed E-state index contributed by atoms with van der Waals surface area (Å²) < 4.78 is 6.15. The number of carbonyl (C=O) groups excluding carboxylic acids is 1. The predicted molar refractivity (Wildman–Crippen MR) is 84.9 cm³/mol. The molecule has 0 bridgehead atoms. The first-order valence-electron chi connectivity index (χ1n) is 7.45. The van der Waals surface area contributed by atoms with Crippen LogP contribution >= 0.6 is 11.3 Å². The second-order valence-corrected chi connectivity index (χ2v) is 6.49. The summed E-state index contributed by atoms with van der Waals surface area (Å²) in [7, 11) is 1.73. The standard InChI is InChI=1S/C15H19N3O3S/c1-18(13(19)5-4-10-3-2-7-21-10)9-12-16-11-6-8-22-14(11)15(20)17-12/h6,8,10H,2-5,7,9H2,1H3,(H,16,17,20). The van der Waals surface area contributed by atoms with Crippen molar-refractivity contribution in [2.24, 2.45) is 0 Å². The molecule has 3 heterocycles. The molecule has 0 spiro atoms. The zero-order valence-corrected chi connectivity index (χ0v) is 13.3. The van der Waals surface area contributed by atoms with Crippen LogP contribution < -0.4 is 5.56 Å². The molecule has 1 saturated heterocycles. The van der Waals surface area contributed by atoms with E-state index in [1.54, 1.807) is 11.9 Å². The van der Waals surface area contributed by atoms with E-state index in [0.717, 1.165) is 25.9 Å². The van der Waals surface area contributed by atoms with Crippen molar-refractivity contribution < 1.29 is 9.53 Å². The quantitative estimate of drug-likeness (QED) is 0.912. The van der Waals surface area contributed by atoms with E-state index in [1.165, 1.54) is 11.3 Å². The average molecular weight is 321 g/mol. The summed E-state index contributed by atoms with van der Waals surface area (Å²) in [6.45, 7) is 1.12. The molecule has 0 saturated carbocycles. The summed E-state index contributed by atoms with van der Waals surface area (Å²) in [5.41, 5.74) is 0.541. The highest BCUT2D eigenvalue weighted by Crippen LogP contribution is 2.18. The molecule has 1 fully saturated rings. The SMILES string of the molecule is CN(Cc1nc2ccsc2c(=O)[nH]1)C(=O)CCC1CCCO1. The second-order valence-electron chi connectivity index (χ2n) is 5.57. The third-order valence-electron chi connectivity index (χ3n) is 3.88. The summed E-state index contributed by atoms with van der Waals surface area (Å²) in [6.07, 6.45) is 3.57. The molecular weight excluding hydrogens is 302 g/mol. The van der Waals surface area contributed by atoms with Crippen molar-refractivity contribution in [3.05, 3.63) is 27.6 Å². The third-order valence-corrected chi connectivity index (χ3v) is 4.78. The fourth-order valence-corrected chi connectivity index (χ4v) is 3.38. The number of hydrogen-bond acceptors (Lipinski definition) is 5. The molecular formula is C15H19N3O3S. The largest absolute Gasteiger partial charge is 0.378 e. The van der Waals surface area contributed by atoms with Crippen molar-refractivity contribution >= 4 is 27.5 Å². The Morgan fingerprint density at radius 3 is 3.23 bits per heavy atom. The number of fused-ring (bicyclic) bond motifs is 1. The van der Waals surface area contributed by atoms with Crippen LogP contribution in [0.15, 0.2) is 16.2 Å². The molecule has 118 valence electrons. The summed E-state index contributed by atoms with van der Waals surface area (Å²) in [5.74, 6) is 0.562. The zero-order chi connectivity index (χ0) is 15.5. The Kier molecular flexibility index (Phi) is 4.54. The van der Waals surface area contributed by atoms with E-state index in [4.69, 9.17) is 4.74 Å². The topological polar surface area (TPSA) is 75.3 Å². The van der Waals surface area contributed by atoms with Crippen LogP contribution in [0.1, 0.15) is 31.5 Å². The van der Waals surface area contributed by atoms with E-state index in [0.29, 0.717) is 29.0 Å². The van der Waals surface area contributed by atoms with Gasteiger partial charge in [0.2, 0.25) is 5.91 Å². The number of hydrogen-bond donors (Lipinski definition) is 1. The van der Waals surface area contributed by atoms with Gasteiger partial charge >= 0.3 is 0 Å². The van der Waals surface area contributed by atoms with Gasteiger partial charge in [0.05, 0.1) is 18.2 Å². The maximum Gasteiger partial charge on any atom is 0.268 e. The molecule has 1 aliphatic rings. The van der Waals surface area contributed by atoms with Gasteiger partial charge in [-0.3, -0.25) is 9.59 Å². The number of rotatable bonds is 5. The molecule has 3 rings (SSSR count). The highest BCUT2D eigenvalue weighted by atomic mass is 32.1. The van der Waals surface area contributed by atoms with E-state index in [2.05, 4.69) is 9.97 Å². The lowest BCUT2D eigenvalue weighted by atomic mass is 10.1. The molecule has 7 heteroatoms. The van der Waals surface area contributed by atoms with E-state index >= 15 is 0 Å². The van der Waals surface area contributed by atoms with Gasteiger partial charge in [0, 0.05) is 20.1 Å².